The van der Waals surface area contributed by atoms with Crippen LogP contribution in [0.25, 0.3) is 0 Å². The highest BCUT2D eigenvalue weighted by molar-refractivity contribution is 5.76. The Labute approximate surface area is 79.0 Å². The molecule has 1 fully saturated rings. The quantitative estimate of drug-likeness (QED) is 0.659. The molecule has 0 aromatic heterocycles. The van der Waals surface area contributed by atoms with Crippen LogP contribution in [0, 0.1) is 0 Å². The van der Waals surface area contributed by atoms with E-state index in [4.69, 9.17) is 10.5 Å². The van der Waals surface area contributed by atoms with Gasteiger partial charge in [0.05, 0.1) is 19.1 Å². The summed E-state index contributed by atoms with van der Waals surface area (Å²) in [7, 11) is 3.52. The minimum absolute atomic E-state index is 0.0784. The highest BCUT2D eigenvalue weighted by Gasteiger charge is 2.21. The Morgan fingerprint density at radius 1 is 1.54 bits per heavy atom. The lowest BCUT2D eigenvalue weighted by molar-refractivity contribution is -0.132. The summed E-state index contributed by atoms with van der Waals surface area (Å²) in [5.41, 5.74) is 5.67. The van der Waals surface area contributed by atoms with E-state index in [0.29, 0.717) is 13.0 Å². The van der Waals surface area contributed by atoms with Gasteiger partial charge in [-0.2, -0.15) is 0 Å². The van der Waals surface area contributed by atoms with Crippen molar-refractivity contribution in [2.75, 3.05) is 20.7 Å². The maximum atomic E-state index is 11.3. The van der Waals surface area contributed by atoms with Crippen molar-refractivity contribution in [2.45, 2.75) is 31.4 Å². The summed E-state index contributed by atoms with van der Waals surface area (Å²) in [5.74, 6) is 0.125. The second-order valence-corrected chi connectivity index (χ2v) is 3.79. The Morgan fingerprint density at radius 2 is 2.23 bits per heavy atom. The van der Waals surface area contributed by atoms with Crippen LogP contribution in [-0.2, 0) is 9.53 Å². The van der Waals surface area contributed by atoms with Crippen LogP contribution in [0.15, 0.2) is 0 Å². The molecule has 4 heteroatoms. The standard InChI is InChI=1S/C9H18N2O2/c1-11(2)9(12)5-8-4-3-7(10)6-13-8/h7-8H,3-6,10H2,1-2H3/t7?,8-/m0/s1. The molecule has 2 atom stereocenters. The molecule has 2 N–H and O–H groups in total. The van der Waals surface area contributed by atoms with E-state index in [0.717, 1.165) is 12.8 Å². The van der Waals surface area contributed by atoms with E-state index in [1.54, 1.807) is 19.0 Å². The van der Waals surface area contributed by atoms with Crippen molar-refractivity contribution >= 4 is 5.91 Å². The normalized spacial score (nSPS) is 28.5. The third-order valence-electron chi connectivity index (χ3n) is 2.31. The van der Waals surface area contributed by atoms with E-state index < -0.39 is 0 Å². The zero-order valence-electron chi connectivity index (χ0n) is 8.32. The minimum Gasteiger partial charge on any atom is -0.376 e. The molecule has 0 aromatic rings. The summed E-state index contributed by atoms with van der Waals surface area (Å²) < 4.78 is 5.44. The van der Waals surface area contributed by atoms with Gasteiger partial charge in [-0.3, -0.25) is 4.79 Å². The third-order valence-corrected chi connectivity index (χ3v) is 2.31. The van der Waals surface area contributed by atoms with Crippen molar-refractivity contribution in [3.05, 3.63) is 0 Å². The SMILES string of the molecule is CN(C)C(=O)C[C@@H]1CCC(N)CO1. The first-order chi connectivity index (χ1) is 6.09. The predicted molar refractivity (Wildman–Crippen MR) is 50.3 cm³/mol. The lowest BCUT2D eigenvalue weighted by Crippen LogP contribution is -2.37. The van der Waals surface area contributed by atoms with Crippen LogP contribution >= 0.6 is 0 Å². The van der Waals surface area contributed by atoms with Gasteiger partial charge in [0, 0.05) is 20.1 Å². The van der Waals surface area contributed by atoms with Gasteiger partial charge in [0.1, 0.15) is 0 Å². The van der Waals surface area contributed by atoms with Gasteiger partial charge in [0.2, 0.25) is 5.91 Å². The lowest BCUT2D eigenvalue weighted by Gasteiger charge is -2.27. The number of rotatable bonds is 2. The summed E-state index contributed by atoms with van der Waals surface area (Å²) >= 11 is 0. The van der Waals surface area contributed by atoms with Crippen molar-refractivity contribution in [2.24, 2.45) is 5.73 Å². The fourth-order valence-corrected chi connectivity index (χ4v) is 1.36. The molecule has 0 saturated carbocycles. The topological polar surface area (TPSA) is 55.6 Å². The highest BCUT2D eigenvalue weighted by Crippen LogP contribution is 2.15. The summed E-state index contributed by atoms with van der Waals surface area (Å²) in [4.78, 5) is 12.9. The maximum Gasteiger partial charge on any atom is 0.224 e. The van der Waals surface area contributed by atoms with Crippen LogP contribution in [0.1, 0.15) is 19.3 Å². The number of hydrogen-bond donors (Lipinski definition) is 1. The number of carbonyl (C=O) groups is 1. The summed E-state index contributed by atoms with van der Waals surface area (Å²) in [5, 5.41) is 0. The average Bonchev–Trinajstić information content (AvgIpc) is 2.08. The zero-order chi connectivity index (χ0) is 9.84. The largest absolute Gasteiger partial charge is 0.376 e. The molecule has 0 aromatic carbocycles. The summed E-state index contributed by atoms with van der Waals surface area (Å²) in [6.45, 7) is 0.589. The van der Waals surface area contributed by atoms with Crippen molar-refractivity contribution in [3.8, 4) is 0 Å². The molecule has 1 saturated heterocycles. The smallest absolute Gasteiger partial charge is 0.224 e. The monoisotopic (exact) mass is 186 g/mol. The van der Waals surface area contributed by atoms with Crippen LogP contribution in [0.5, 0.6) is 0 Å². The van der Waals surface area contributed by atoms with E-state index in [1.807, 2.05) is 0 Å². The fraction of sp³-hybridized carbons (Fsp3) is 0.889. The lowest BCUT2D eigenvalue weighted by atomic mass is 10.0. The van der Waals surface area contributed by atoms with Crippen molar-refractivity contribution in [1.29, 1.82) is 0 Å². The first-order valence-electron chi connectivity index (χ1n) is 4.67. The maximum absolute atomic E-state index is 11.3. The molecule has 1 rings (SSSR count). The average molecular weight is 186 g/mol. The van der Waals surface area contributed by atoms with E-state index in [-0.39, 0.29) is 18.1 Å². The van der Waals surface area contributed by atoms with E-state index in [9.17, 15) is 4.79 Å². The van der Waals surface area contributed by atoms with Gasteiger partial charge in [-0.1, -0.05) is 0 Å². The first kappa shape index (κ1) is 10.5. The van der Waals surface area contributed by atoms with Crippen LogP contribution < -0.4 is 5.73 Å². The van der Waals surface area contributed by atoms with Crippen LogP contribution in [0.2, 0.25) is 0 Å². The van der Waals surface area contributed by atoms with Gasteiger partial charge >= 0.3 is 0 Å². The number of amides is 1. The molecule has 1 amide bonds. The molecule has 1 heterocycles. The predicted octanol–water partition coefficient (Wildman–Crippen LogP) is -0.0290. The van der Waals surface area contributed by atoms with Gasteiger partial charge < -0.3 is 15.4 Å². The molecule has 1 aliphatic rings. The van der Waals surface area contributed by atoms with Gasteiger partial charge in [-0.15, -0.1) is 0 Å². The van der Waals surface area contributed by atoms with Gasteiger partial charge in [-0.25, -0.2) is 0 Å². The Morgan fingerprint density at radius 3 is 2.69 bits per heavy atom. The first-order valence-corrected chi connectivity index (χ1v) is 4.67. The molecule has 1 aliphatic heterocycles. The van der Waals surface area contributed by atoms with E-state index in [1.165, 1.54) is 0 Å². The number of hydrogen-bond acceptors (Lipinski definition) is 3. The number of carbonyl (C=O) groups excluding carboxylic acids is 1. The Balaban J connectivity index is 2.26. The van der Waals surface area contributed by atoms with Crippen LogP contribution in [0.3, 0.4) is 0 Å². The second-order valence-electron chi connectivity index (χ2n) is 3.79. The van der Waals surface area contributed by atoms with Crippen LogP contribution in [-0.4, -0.2) is 43.7 Å². The molecule has 0 radical (unpaired) electrons. The Bertz CT molecular complexity index is 174. The second kappa shape index (κ2) is 4.58. The number of nitrogens with zero attached hydrogens (tertiary/aromatic N) is 1. The molecule has 0 aliphatic carbocycles. The van der Waals surface area contributed by atoms with Gasteiger partial charge in [0.15, 0.2) is 0 Å². The van der Waals surface area contributed by atoms with E-state index >= 15 is 0 Å². The molecule has 13 heavy (non-hydrogen) atoms. The van der Waals surface area contributed by atoms with Crippen molar-refractivity contribution in [3.63, 3.8) is 0 Å². The minimum atomic E-state index is 0.0784. The molecule has 1 unspecified atom stereocenters. The van der Waals surface area contributed by atoms with Gasteiger partial charge in [0.25, 0.3) is 0 Å². The van der Waals surface area contributed by atoms with Gasteiger partial charge in [-0.05, 0) is 12.8 Å². The summed E-state index contributed by atoms with van der Waals surface area (Å²) in [6, 6.07) is 0.158. The molecule has 4 nitrogen and oxygen atoms in total. The molecule has 0 bridgehead atoms. The Kier molecular flexibility index (Phi) is 3.69. The molecule has 0 spiro atoms. The number of nitrogens with two attached hydrogens (primary N) is 1. The fourth-order valence-electron chi connectivity index (χ4n) is 1.36. The molecular weight excluding hydrogens is 168 g/mol. The van der Waals surface area contributed by atoms with Crippen molar-refractivity contribution < 1.29 is 9.53 Å². The Hall–Kier alpha value is -0.610. The number of ether oxygens (including phenoxy) is 1. The summed E-state index contributed by atoms with van der Waals surface area (Å²) in [6.07, 6.45) is 2.43. The van der Waals surface area contributed by atoms with E-state index in [2.05, 4.69) is 0 Å². The third kappa shape index (κ3) is 3.32. The molecule has 76 valence electrons. The zero-order valence-corrected chi connectivity index (χ0v) is 8.32. The van der Waals surface area contributed by atoms with Crippen molar-refractivity contribution in [1.82, 2.24) is 4.90 Å². The molecular formula is C9H18N2O2. The van der Waals surface area contributed by atoms with Crippen LogP contribution in [0.4, 0.5) is 0 Å². The highest BCUT2D eigenvalue weighted by atomic mass is 16.5.